The number of aliphatic hydroxyl groups excluding tert-OH is 3. The second-order valence-electron chi connectivity index (χ2n) is 4.57. The van der Waals surface area contributed by atoms with Crippen molar-refractivity contribution in [1.82, 2.24) is 10.6 Å². The van der Waals surface area contributed by atoms with Gasteiger partial charge in [-0.25, -0.2) is 0 Å². The fraction of sp³-hybridized carbons (Fsp3) is 0.385. The number of aromatic hydroxyl groups is 1. The molecule has 0 aliphatic carbocycles. The first-order chi connectivity index (χ1) is 11.3. The van der Waals surface area contributed by atoms with Crippen molar-refractivity contribution < 1.29 is 30.0 Å². The molecule has 1 atom stereocenters. The Morgan fingerprint density at radius 1 is 0.958 bits per heavy atom. The van der Waals surface area contributed by atoms with Gasteiger partial charge < -0.3 is 31.1 Å². The first-order valence-electron chi connectivity index (χ1n) is 6.61. The molecular formula is C13H15I3N2O6. The van der Waals surface area contributed by atoms with E-state index in [0.717, 1.165) is 0 Å². The largest absolute Gasteiger partial charge is 0.506 e. The summed E-state index contributed by atoms with van der Waals surface area (Å²) in [6.45, 7) is -0.856. The molecule has 11 heteroatoms. The Morgan fingerprint density at radius 3 is 1.92 bits per heavy atom. The smallest absolute Gasteiger partial charge is 0.253 e. The number of halogens is 3. The van der Waals surface area contributed by atoms with Gasteiger partial charge in [0.15, 0.2) is 0 Å². The number of amides is 2. The number of phenolic OH excluding ortho intramolecular Hbond substituents is 1. The summed E-state index contributed by atoms with van der Waals surface area (Å²) in [4.78, 5) is 24.6. The minimum atomic E-state index is -1.10. The first-order valence-corrected chi connectivity index (χ1v) is 9.85. The Labute approximate surface area is 178 Å². The van der Waals surface area contributed by atoms with E-state index in [1.807, 2.05) is 45.2 Å². The van der Waals surface area contributed by atoms with Crippen LogP contribution in [0.1, 0.15) is 20.7 Å². The van der Waals surface area contributed by atoms with E-state index in [0.29, 0.717) is 7.14 Å². The fourth-order valence-electron chi connectivity index (χ4n) is 1.67. The van der Waals surface area contributed by atoms with Crippen molar-refractivity contribution in [3.8, 4) is 5.75 Å². The van der Waals surface area contributed by atoms with E-state index in [9.17, 15) is 19.8 Å². The van der Waals surface area contributed by atoms with Crippen molar-refractivity contribution >= 4 is 79.6 Å². The second kappa shape index (κ2) is 10.2. The van der Waals surface area contributed by atoms with Crippen LogP contribution < -0.4 is 10.6 Å². The molecule has 0 aromatic heterocycles. The molecule has 24 heavy (non-hydrogen) atoms. The Morgan fingerprint density at radius 2 is 1.46 bits per heavy atom. The van der Waals surface area contributed by atoms with Gasteiger partial charge in [0, 0.05) is 16.7 Å². The van der Waals surface area contributed by atoms with Gasteiger partial charge in [0.1, 0.15) is 5.75 Å². The Bertz CT molecular complexity index is 641. The number of hydrogen-bond acceptors (Lipinski definition) is 6. The van der Waals surface area contributed by atoms with Gasteiger partial charge in [-0.3, -0.25) is 9.59 Å². The lowest BCUT2D eigenvalue weighted by Crippen LogP contribution is -2.35. The molecule has 0 fully saturated rings. The molecular weight excluding hydrogens is 661 g/mol. The van der Waals surface area contributed by atoms with Crippen molar-refractivity contribution in [3.05, 3.63) is 21.8 Å². The van der Waals surface area contributed by atoms with E-state index in [4.69, 9.17) is 10.2 Å². The van der Waals surface area contributed by atoms with Gasteiger partial charge >= 0.3 is 0 Å². The standard InChI is InChI=1S/C13H15I3N2O6/c14-8-6(12(23)17-1-2-19)9(15)11(22)10(16)7(8)13(24)18-3-5(21)4-20/h5,19-22H,1-4H2,(H,17,23)(H,18,24). The van der Waals surface area contributed by atoms with Crippen LogP contribution >= 0.6 is 67.8 Å². The van der Waals surface area contributed by atoms with Crippen molar-refractivity contribution in [1.29, 1.82) is 0 Å². The van der Waals surface area contributed by atoms with Gasteiger partial charge in [-0.1, -0.05) is 0 Å². The Balaban J connectivity index is 3.28. The lowest BCUT2D eigenvalue weighted by atomic mass is 10.1. The number of benzene rings is 1. The number of nitrogens with one attached hydrogen (secondary N) is 2. The van der Waals surface area contributed by atoms with Crippen LogP contribution in [-0.4, -0.2) is 64.6 Å². The second-order valence-corrected chi connectivity index (χ2v) is 7.80. The monoisotopic (exact) mass is 676 g/mol. The number of rotatable bonds is 7. The molecule has 0 spiro atoms. The van der Waals surface area contributed by atoms with E-state index >= 15 is 0 Å². The van der Waals surface area contributed by atoms with E-state index < -0.39 is 24.5 Å². The number of carbonyl (C=O) groups is 2. The molecule has 1 aromatic rings. The zero-order chi connectivity index (χ0) is 18.4. The molecule has 0 bridgehead atoms. The summed E-state index contributed by atoms with van der Waals surface area (Å²) in [5, 5.41) is 42.1. The predicted molar refractivity (Wildman–Crippen MR) is 111 cm³/mol. The van der Waals surface area contributed by atoms with Crippen LogP contribution in [0.3, 0.4) is 0 Å². The molecule has 1 rings (SSSR count). The van der Waals surface area contributed by atoms with Gasteiger partial charge in [0.05, 0.1) is 37.6 Å². The summed E-state index contributed by atoms with van der Waals surface area (Å²) in [6, 6.07) is 0. The normalized spacial score (nSPS) is 11.9. The van der Waals surface area contributed by atoms with Crippen LogP contribution in [-0.2, 0) is 0 Å². The van der Waals surface area contributed by atoms with Crippen molar-refractivity contribution in [2.24, 2.45) is 0 Å². The van der Waals surface area contributed by atoms with Crippen LogP contribution in [0.15, 0.2) is 0 Å². The average Bonchev–Trinajstić information content (AvgIpc) is 2.55. The van der Waals surface area contributed by atoms with Gasteiger partial charge in [-0.15, -0.1) is 0 Å². The number of carbonyl (C=O) groups excluding carboxylic acids is 2. The summed E-state index contributed by atoms with van der Waals surface area (Å²) >= 11 is 5.46. The third-order valence-electron chi connectivity index (χ3n) is 2.85. The van der Waals surface area contributed by atoms with Crippen LogP contribution in [0, 0.1) is 10.7 Å². The van der Waals surface area contributed by atoms with Gasteiger partial charge in [-0.2, -0.15) is 0 Å². The third-order valence-corrected chi connectivity index (χ3v) is 6.03. The van der Waals surface area contributed by atoms with Gasteiger partial charge in [0.2, 0.25) is 0 Å². The van der Waals surface area contributed by atoms with Gasteiger partial charge in [0.25, 0.3) is 11.8 Å². The zero-order valence-electron chi connectivity index (χ0n) is 12.1. The molecule has 0 heterocycles. The van der Waals surface area contributed by atoms with Crippen LogP contribution in [0.4, 0.5) is 0 Å². The highest BCUT2D eigenvalue weighted by Crippen LogP contribution is 2.36. The summed E-state index contributed by atoms with van der Waals surface area (Å²) in [7, 11) is 0. The molecule has 8 nitrogen and oxygen atoms in total. The van der Waals surface area contributed by atoms with Crippen LogP contribution in [0.2, 0.25) is 0 Å². The summed E-state index contributed by atoms with van der Waals surface area (Å²) in [5.74, 6) is -1.30. The lowest BCUT2D eigenvalue weighted by molar-refractivity contribution is 0.0800. The van der Waals surface area contributed by atoms with E-state index in [1.165, 1.54) is 0 Å². The predicted octanol–water partition coefficient (Wildman–Crippen LogP) is 0.0111. The highest BCUT2D eigenvalue weighted by Gasteiger charge is 2.27. The Hall–Kier alpha value is 0.0300. The topological polar surface area (TPSA) is 139 Å². The molecule has 0 radical (unpaired) electrons. The third kappa shape index (κ3) is 5.26. The van der Waals surface area contributed by atoms with E-state index in [1.54, 1.807) is 22.6 Å². The van der Waals surface area contributed by atoms with E-state index in [-0.39, 0.29) is 40.1 Å². The maximum absolute atomic E-state index is 12.4. The molecule has 1 aromatic carbocycles. The maximum atomic E-state index is 12.4. The molecule has 0 aliphatic rings. The molecule has 0 aliphatic heterocycles. The number of phenols is 1. The number of hydrogen-bond donors (Lipinski definition) is 6. The lowest BCUT2D eigenvalue weighted by Gasteiger charge is -2.17. The fourth-order valence-corrected chi connectivity index (χ4v) is 5.82. The van der Waals surface area contributed by atoms with Gasteiger partial charge in [-0.05, 0) is 67.8 Å². The van der Waals surface area contributed by atoms with Crippen molar-refractivity contribution in [2.75, 3.05) is 26.3 Å². The molecule has 1 unspecified atom stereocenters. The van der Waals surface area contributed by atoms with E-state index in [2.05, 4.69) is 10.6 Å². The zero-order valence-corrected chi connectivity index (χ0v) is 18.6. The average molecular weight is 676 g/mol. The molecule has 0 saturated carbocycles. The van der Waals surface area contributed by atoms with Crippen molar-refractivity contribution in [2.45, 2.75) is 6.10 Å². The summed E-state index contributed by atoms with van der Waals surface area (Å²) in [5.41, 5.74) is 0.240. The van der Waals surface area contributed by atoms with Crippen LogP contribution in [0.5, 0.6) is 5.75 Å². The molecule has 0 saturated heterocycles. The Kier molecular flexibility index (Phi) is 9.42. The number of aliphatic hydroxyl groups is 3. The summed E-state index contributed by atoms with van der Waals surface area (Å²) in [6.07, 6.45) is -1.10. The minimum absolute atomic E-state index is 0.0436. The SMILES string of the molecule is O=C(NCCO)c1c(I)c(O)c(I)c(C(=O)NCC(O)CO)c1I. The molecule has 6 N–H and O–H groups in total. The van der Waals surface area contributed by atoms with Crippen LogP contribution in [0.25, 0.3) is 0 Å². The molecule has 2 amide bonds. The quantitative estimate of drug-likeness (QED) is 0.225. The highest BCUT2D eigenvalue weighted by atomic mass is 127. The van der Waals surface area contributed by atoms with Crippen molar-refractivity contribution in [3.63, 3.8) is 0 Å². The highest BCUT2D eigenvalue weighted by molar-refractivity contribution is 14.1. The summed E-state index contributed by atoms with van der Waals surface area (Å²) < 4.78 is 0.908. The maximum Gasteiger partial charge on any atom is 0.253 e. The minimum Gasteiger partial charge on any atom is -0.506 e. The molecule has 134 valence electrons. The first kappa shape index (κ1) is 22.1.